The minimum Gasteiger partial charge on any atom is -0.457 e. The number of nitrogens with zero attached hydrogens (tertiary/aromatic N) is 2. The van der Waals surface area contributed by atoms with E-state index in [-0.39, 0.29) is 17.1 Å². The van der Waals surface area contributed by atoms with Crippen molar-refractivity contribution in [2.24, 2.45) is 0 Å². The van der Waals surface area contributed by atoms with Crippen LogP contribution >= 0.6 is 0 Å². The molecule has 0 bridgehead atoms. The van der Waals surface area contributed by atoms with Gasteiger partial charge in [-0.05, 0) is 80.1 Å². The highest BCUT2D eigenvalue weighted by molar-refractivity contribution is 7.92. The van der Waals surface area contributed by atoms with Gasteiger partial charge < -0.3 is 15.0 Å². The van der Waals surface area contributed by atoms with Crippen molar-refractivity contribution in [3.8, 4) is 11.5 Å². The number of benzene rings is 4. The second kappa shape index (κ2) is 13.8. The molecule has 0 heterocycles. The van der Waals surface area contributed by atoms with Crippen LogP contribution in [0.15, 0.2) is 114 Å². The first kappa shape index (κ1) is 30.3. The van der Waals surface area contributed by atoms with E-state index in [0.29, 0.717) is 23.6 Å². The Kier molecular flexibility index (Phi) is 9.93. The van der Waals surface area contributed by atoms with Crippen molar-refractivity contribution in [1.29, 1.82) is 0 Å². The lowest BCUT2D eigenvalue weighted by molar-refractivity contribution is -0.139. The molecule has 0 aliphatic rings. The van der Waals surface area contributed by atoms with Gasteiger partial charge in [0.05, 0.1) is 10.6 Å². The van der Waals surface area contributed by atoms with E-state index in [9.17, 15) is 22.4 Å². The lowest BCUT2D eigenvalue weighted by atomic mass is 10.1. The zero-order valence-electron chi connectivity index (χ0n) is 23.3. The van der Waals surface area contributed by atoms with Crippen molar-refractivity contribution in [2.45, 2.75) is 31.3 Å². The molecule has 1 atom stereocenters. The van der Waals surface area contributed by atoms with Crippen LogP contribution in [0.3, 0.4) is 0 Å². The molecule has 218 valence electrons. The molecule has 0 unspecified atom stereocenters. The zero-order valence-corrected chi connectivity index (χ0v) is 24.1. The van der Waals surface area contributed by atoms with Crippen LogP contribution in [0.25, 0.3) is 0 Å². The number of sulfonamides is 1. The Balaban J connectivity index is 1.68. The van der Waals surface area contributed by atoms with Crippen LogP contribution in [0.4, 0.5) is 10.1 Å². The highest BCUT2D eigenvalue weighted by Gasteiger charge is 2.32. The van der Waals surface area contributed by atoms with E-state index in [1.165, 1.54) is 41.3 Å². The minimum atomic E-state index is -4.19. The van der Waals surface area contributed by atoms with Crippen LogP contribution < -0.4 is 14.4 Å². The molecule has 4 aromatic rings. The molecule has 0 aromatic heterocycles. The molecule has 0 fully saturated rings. The number of likely N-dealkylation sites (N-methyl/N-ethyl adjacent to an activating group) is 1. The largest absolute Gasteiger partial charge is 0.457 e. The van der Waals surface area contributed by atoms with E-state index < -0.39 is 40.2 Å². The number of amides is 2. The lowest BCUT2D eigenvalue weighted by Crippen LogP contribution is -2.51. The SMILES string of the molecule is CCNC(=O)[C@H](C)N(Cc1ccc(F)cc1)C(=O)CN(c1ccc(Oc2ccccc2)cc1)S(=O)(=O)c1ccccc1. The average molecular weight is 590 g/mol. The number of ether oxygens (including phenoxy) is 1. The van der Waals surface area contributed by atoms with E-state index >= 15 is 0 Å². The Morgan fingerprint density at radius 1 is 0.833 bits per heavy atom. The summed E-state index contributed by atoms with van der Waals surface area (Å²) in [7, 11) is -4.19. The third-order valence-electron chi connectivity index (χ3n) is 6.50. The van der Waals surface area contributed by atoms with Gasteiger partial charge in [-0.15, -0.1) is 0 Å². The predicted octanol–water partition coefficient (Wildman–Crippen LogP) is 5.37. The van der Waals surface area contributed by atoms with E-state index in [4.69, 9.17) is 4.74 Å². The first-order valence-corrected chi connectivity index (χ1v) is 14.9. The number of para-hydroxylation sites is 1. The van der Waals surface area contributed by atoms with E-state index in [1.807, 2.05) is 18.2 Å². The molecule has 10 heteroatoms. The maximum absolute atomic E-state index is 13.9. The summed E-state index contributed by atoms with van der Waals surface area (Å²) in [6, 6.07) is 27.9. The number of hydrogen-bond donors (Lipinski definition) is 1. The van der Waals surface area contributed by atoms with Crippen molar-refractivity contribution in [1.82, 2.24) is 10.2 Å². The fourth-order valence-electron chi connectivity index (χ4n) is 4.24. The van der Waals surface area contributed by atoms with E-state index in [1.54, 1.807) is 68.4 Å². The number of carbonyl (C=O) groups is 2. The maximum atomic E-state index is 13.9. The van der Waals surface area contributed by atoms with Crippen LogP contribution in [-0.2, 0) is 26.2 Å². The van der Waals surface area contributed by atoms with Crippen molar-refractivity contribution in [3.05, 3.63) is 121 Å². The number of halogens is 1. The van der Waals surface area contributed by atoms with Gasteiger partial charge in [0, 0.05) is 13.1 Å². The minimum absolute atomic E-state index is 0.00395. The Morgan fingerprint density at radius 3 is 2.00 bits per heavy atom. The average Bonchev–Trinajstić information content (AvgIpc) is 3.00. The molecule has 1 N–H and O–H groups in total. The molecule has 0 aliphatic heterocycles. The molecule has 2 amide bonds. The topological polar surface area (TPSA) is 96.0 Å². The summed E-state index contributed by atoms with van der Waals surface area (Å²) in [5.74, 6) is -0.343. The van der Waals surface area contributed by atoms with Gasteiger partial charge >= 0.3 is 0 Å². The Bertz CT molecular complexity index is 1580. The van der Waals surface area contributed by atoms with Gasteiger partial charge in [-0.3, -0.25) is 13.9 Å². The summed E-state index contributed by atoms with van der Waals surface area (Å²) in [4.78, 5) is 28.0. The second-order valence-electron chi connectivity index (χ2n) is 9.45. The van der Waals surface area contributed by atoms with Gasteiger partial charge in [0.25, 0.3) is 10.0 Å². The zero-order chi connectivity index (χ0) is 30.1. The van der Waals surface area contributed by atoms with Gasteiger partial charge in [-0.2, -0.15) is 0 Å². The molecule has 0 aliphatic carbocycles. The molecular weight excluding hydrogens is 557 g/mol. The highest BCUT2D eigenvalue weighted by Crippen LogP contribution is 2.28. The van der Waals surface area contributed by atoms with E-state index in [0.717, 1.165) is 4.31 Å². The summed E-state index contributed by atoms with van der Waals surface area (Å²) in [5.41, 5.74) is 0.820. The molecule has 0 saturated carbocycles. The van der Waals surface area contributed by atoms with Crippen molar-refractivity contribution in [2.75, 3.05) is 17.4 Å². The number of nitrogens with one attached hydrogen (secondary N) is 1. The van der Waals surface area contributed by atoms with Crippen LogP contribution in [0.2, 0.25) is 0 Å². The van der Waals surface area contributed by atoms with Gasteiger partial charge in [0.15, 0.2) is 0 Å². The standard InChI is InChI=1S/C32H32FN3O5S/c1-3-34-32(38)24(2)35(22-25-14-16-26(33)17-15-25)31(37)23-36(42(39,40)30-12-8-5-9-13-30)27-18-20-29(21-19-27)41-28-10-6-4-7-11-28/h4-21,24H,3,22-23H2,1-2H3,(H,34,38)/t24-/m0/s1. The lowest BCUT2D eigenvalue weighted by Gasteiger charge is -2.32. The molecule has 0 radical (unpaired) electrons. The summed E-state index contributed by atoms with van der Waals surface area (Å²) >= 11 is 0. The molecule has 4 rings (SSSR count). The number of anilines is 1. The molecular formula is C32H32FN3O5S. The summed E-state index contributed by atoms with van der Waals surface area (Å²) in [5, 5.41) is 2.70. The van der Waals surface area contributed by atoms with Gasteiger partial charge in [0.1, 0.15) is 29.9 Å². The molecule has 42 heavy (non-hydrogen) atoms. The second-order valence-corrected chi connectivity index (χ2v) is 11.3. The van der Waals surface area contributed by atoms with Gasteiger partial charge in [-0.1, -0.05) is 48.5 Å². The van der Waals surface area contributed by atoms with Crippen molar-refractivity contribution in [3.63, 3.8) is 0 Å². The molecule has 8 nitrogen and oxygen atoms in total. The smallest absolute Gasteiger partial charge is 0.264 e. The predicted molar refractivity (Wildman–Crippen MR) is 159 cm³/mol. The first-order valence-electron chi connectivity index (χ1n) is 13.4. The highest BCUT2D eigenvalue weighted by atomic mass is 32.2. The number of hydrogen-bond acceptors (Lipinski definition) is 5. The van der Waals surface area contributed by atoms with Gasteiger partial charge in [0.2, 0.25) is 11.8 Å². The first-order chi connectivity index (χ1) is 20.2. The third kappa shape index (κ3) is 7.52. The monoisotopic (exact) mass is 589 g/mol. The summed E-state index contributed by atoms with van der Waals surface area (Å²) < 4.78 is 48.1. The Hall–Kier alpha value is -4.70. The fourth-order valence-corrected chi connectivity index (χ4v) is 5.68. The summed E-state index contributed by atoms with van der Waals surface area (Å²) in [6.45, 7) is 3.07. The van der Waals surface area contributed by atoms with Gasteiger partial charge in [-0.25, -0.2) is 12.8 Å². The van der Waals surface area contributed by atoms with Crippen LogP contribution in [-0.4, -0.2) is 44.3 Å². The normalized spacial score (nSPS) is 11.8. The molecule has 0 saturated heterocycles. The molecule has 4 aromatic carbocycles. The van der Waals surface area contributed by atoms with Crippen molar-refractivity contribution < 1.29 is 27.1 Å². The van der Waals surface area contributed by atoms with Crippen molar-refractivity contribution >= 4 is 27.5 Å². The Morgan fingerprint density at radius 2 is 1.40 bits per heavy atom. The quantitative estimate of drug-likeness (QED) is 0.240. The number of rotatable bonds is 12. The van der Waals surface area contributed by atoms with Crippen LogP contribution in [0, 0.1) is 5.82 Å². The summed E-state index contributed by atoms with van der Waals surface area (Å²) in [6.07, 6.45) is 0. The molecule has 0 spiro atoms. The van der Waals surface area contributed by atoms with Crippen LogP contribution in [0.1, 0.15) is 19.4 Å². The fraction of sp³-hybridized carbons (Fsp3) is 0.188. The number of carbonyl (C=O) groups excluding carboxylic acids is 2. The third-order valence-corrected chi connectivity index (χ3v) is 8.29. The Labute approximate surface area is 245 Å². The van der Waals surface area contributed by atoms with E-state index in [2.05, 4.69) is 5.32 Å². The van der Waals surface area contributed by atoms with Crippen LogP contribution in [0.5, 0.6) is 11.5 Å². The maximum Gasteiger partial charge on any atom is 0.264 e.